The Kier molecular flexibility index (Phi) is 9.21. The third-order valence-electron chi connectivity index (χ3n) is 10.2. The molecule has 3 fully saturated rings. The summed E-state index contributed by atoms with van der Waals surface area (Å²) in [5.74, 6) is 2.50. The summed E-state index contributed by atoms with van der Waals surface area (Å²) in [6.45, 7) is 3.58. The molecule has 3 saturated heterocycles. The Morgan fingerprint density at radius 3 is 1.79 bits per heavy atom. The molecule has 6 aliphatic rings. The molecular weight excluding hydrogens is 612 g/mol. The fraction of sp³-hybridized carbons (Fsp3) is 0.500. The first kappa shape index (κ1) is 32.3. The number of nitrogens with zero attached hydrogens (tertiary/aromatic N) is 3. The predicted octanol–water partition coefficient (Wildman–Crippen LogP) is 3.32. The van der Waals surface area contributed by atoms with Gasteiger partial charge in [-0.1, -0.05) is 0 Å². The van der Waals surface area contributed by atoms with Crippen LogP contribution in [0.3, 0.4) is 0 Å². The van der Waals surface area contributed by atoms with E-state index in [2.05, 4.69) is 14.7 Å². The van der Waals surface area contributed by atoms with E-state index in [1.807, 2.05) is 54.6 Å². The van der Waals surface area contributed by atoms with Crippen molar-refractivity contribution in [3.05, 3.63) is 54.6 Å². The van der Waals surface area contributed by atoms with E-state index in [-0.39, 0.29) is 18.4 Å². The van der Waals surface area contributed by atoms with Gasteiger partial charge in [0.25, 0.3) is 0 Å². The van der Waals surface area contributed by atoms with Crippen LogP contribution in [-0.4, -0.2) is 84.8 Å². The van der Waals surface area contributed by atoms with Gasteiger partial charge in [0, 0.05) is 48.4 Å². The van der Waals surface area contributed by atoms with Gasteiger partial charge in [0.15, 0.2) is 0 Å². The van der Waals surface area contributed by atoms with Crippen molar-refractivity contribution in [3.63, 3.8) is 0 Å². The lowest BCUT2D eigenvalue weighted by atomic mass is 9.97. The van der Waals surface area contributed by atoms with Gasteiger partial charge in [-0.3, -0.25) is 0 Å². The minimum atomic E-state index is -0.384. The van der Waals surface area contributed by atoms with Crippen molar-refractivity contribution in [1.82, 2.24) is 0 Å². The molecule has 9 N–H and O–H groups in total. The van der Waals surface area contributed by atoms with E-state index in [4.69, 9.17) is 31.4 Å². The zero-order chi connectivity index (χ0) is 33.4. The van der Waals surface area contributed by atoms with Crippen molar-refractivity contribution in [2.75, 3.05) is 64.8 Å². The zero-order valence-electron chi connectivity index (χ0n) is 27.3. The maximum absolute atomic E-state index is 10.1. The topological polar surface area (TPSA) is 176 Å². The van der Waals surface area contributed by atoms with E-state index in [1.54, 1.807) is 0 Å². The summed E-state index contributed by atoms with van der Waals surface area (Å²) in [5.41, 5.74) is 22.5. The van der Waals surface area contributed by atoms with Gasteiger partial charge in [-0.25, -0.2) is 0 Å². The highest BCUT2D eigenvalue weighted by molar-refractivity contribution is 5.68. The maximum Gasteiger partial charge on any atom is 0.144 e. The molecule has 6 unspecified atom stereocenters. The quantitative estimate of drug-likeness (QED) is 0.194. The number of hydrogen-bond donors (Lipinski definition) is 6. The second-order valence-corrected chi connectivity index (χ2v) is 13.6. The van der Waals surface area contributed by atoms with Gasteiger partial charge in [-0.05, 0) is 81.3 Å². The first-order valence-electron chi connectivity index (χ1n) is 17.2. The lowest BCUT2D eigenvalue weighted by Gasteiger charge is -2.44. The van der Waals surface area contributed by atoms with Gasteiger partial charge in [-0.15, -0.1) is 0 Å². The normalized spacial score (nSPS) is 27.9. The summed E-state index contributed by atoms with van der Waals surface area (Å²) in [7, 11) is 0. The smallest absolute Gasteiger partial charge is 0.144 e. The van der Waals surface area contributed by atoms with Gasteiger partial charge in [0.2, 0.25) is 0 Å². The standard InChI is InChI=1S/3C12H16N2O2/c13-8-1-4-11-12(5-8)16-7-9-2-3-10(15)6-14(9)11;13-8-1-2-11-12(5-8)16-7-9-6-10(15)3-4-14(9)11;13-8-4-5-10-11(6-8)16-7-9-2-1-3-12(15)14(9)10/h1,4-5,9-10,15H,2-3,6-7,13H2;1-2,5,9-10,15H,3-4,6-7,13H2;4-6,9,12,15H,1-3,7,13H2. The Morgan fingerprint density at radius 1 is 0.562 bits per heavy atom. The van der Waals surface area contributed by atoms with Gasteiger partial charge < -0.3 is 61.4 Å². The van der Waals surface area contributed by atoms with Crippen LogP contribution >= 0.6 is 0 Å². The first-order chi connectivity index (χ1) is 23.2. The van der Waals surface area contributed by atoms with E-state index >= 15 is 0 Å². The van der Waals surface area contributed by atoms with E-state index in [9.17, 15) is 15.3 Å². The van der Waals surface area contributed by atoms with Crippen LogP contribution in [0.5, 0.6) is 17.2 Å². The van der Waals surface area contributed by atoms with E-state index < -0.39 is 0 Å². The largest absolute Gasteiger partial charge is 0.489 e. The molecule has 0 amide bonds. The van der Waals surface area contributed by atoms with Crippen LogP contribution in [0.15, 0.2) is 54.6 Å². The number of nitrogen functional groups attached to an aromatic ring is 3. The lowest BCUT2D eigenvalue weighted by Crippen LogP contribution is -2.51. The van der Waals surface area contributed by atoms with Crippen LogP contribution in [0.1, 0.15) is 44.9 Å². The van der Waals surface area contributed by atoms with Crippen LogP contribution < -0.4 is 46.1 Å². The fourth-order valence-electron chi connectivity index (χ4n) is 7.74. The minimum absolute atomic E-state index is 0.180. The molecule has 258 valence electrons. The highest BCUT2D eigenvalue weighted by Crippen LogP contribution is 2.41. The molecule has 6 heterocycles. The number of piperidine rings is 3. The van der Waals surface area contributed by atoms with Crippen molar-refractivity contribution in [1.29, 1.82) is 0 Å². The molecule has 0 bridgehead atoms. The van der Waals surface area contributed by atoms with Crippen molar-refractivity contribution >= 4 is 34.1 Å². The third-order valence-corrected chi connectivity index (χ3v) is 10.2. The van der Waals surface area contributed by atoms with E-state index in [0.717, 1.165) is 97.2 Å². The summed E-state index contributed by atoms with van der Waals surface area (Å²) >= 11 is 0. The Hall–Kier alpha value is -4.26. The van der Waals surface area contributed by atoms with Crippen LogP contribution in [0.25, 0.3) is 0 Å². The molecule has 0 spiro atoms. The average molecular weight is 661 g/mol. The summed E-state index contributed by atoms with van der Waals surface area (Å²) in [5, 5.41) is 29.4. The Labute approximate surface area is 281 Å². The Bertz CT molecular complexity index is 1590. The fourth-order valence-corrected chi connectivity index (χ4v) is 7.74. The maximum atomic E-state index is 10.1. The summed E-state index contributed by atoms with van der Waals surface area (Å²) in [6, 6.07) is 18.1. The van der Waals surface area contributed by atoms with Gasteiger partial charge in [-0.2, -0.15) is 0 Å². The van der Waals surface area contributed by atoms with Crippen LogP contribution in [0.4, 0.5) is 34.1 Å². The number of anilines is 6. The third kappa shape index (κ3) is 6.69. The van der Waals surface area contributed by atoms with Crippen molar-refractivity contribution in [2.24, 2.45) is 0 Å². The molecule has 12 heteroatoms. The van der Waals surface area contributed by atoms with Gasteiger partial charge in [0.05, 0.1) is 47.4 Å². The molecule has 48 heavy (non-hydrogen) atoms. The summed E-state index contributed by atoms with van der Waals surface area (Å²) in [6.07, 6.45) is 5.69. The molecule has 0 aromatic heterocycles. The number of aliphatic hydroxyl groups excluding tert-OH is 3. The van der Waals surface area contributed by atoms with Crippen LogP contribution in [0, 0.1) is 0 Å². The molecule has 12 nitrogen and oxygen atoms in total. The molecule has 0 radical (unpaired) electrons. The number of nitrogens with two attached hydrogens (primary N) is 3. The molecular formula is C36H48N6O6. The molecule has 6 aliphatic heterocycles. The molecule has 9 rings (SSSR count). The predicted molar refractivity (Wildman–Crippen MR) is 188 cm³/mol. The van der Waals surface area contributed by atoms with Gasteiger partial charge in [0.1, 0.15) is 43.3 Å². The monoisotopic (exact) mass is 660 g/mol. The zero-order valence-corrected chi connectivity index (χ0v) is 27.3. The van der Waals surface area contributed by atoms with Crippen molar-refractivity contribution in [3.8, 4) is 17.2 Å². The van der Waals surface area contributed by atoms with Crippen LogP contribution in [-0.2, 0) is 0 Å². The highest BCUT2D eigenvalue weighted by atomic mass is 16.5. The molecule has 3 aromatic rings. The highest BCUT2D eigenvalue weighted by Gasteiger charge is 2.36. The second-order valence-electron chi connectivity index (χ2n) is 13.6. The second kappa shape index (κ2) is 13.7. The van der Waals surface area contributed by atoms with Crippen molar-refractivity contribution < 1.29 is 29.5 Å². The lowest BCUT2D eigenvalue weighted by molar-refractivity contribution is 0.0979. The first-order valence-corrected chi connectivity index (χ1v) is 17.2. The van der Waals surface area contributed by atoms with Crippen LogP contribution in [0.2, 0.25) is 0 Å². The number of ether oxygens (including phenoxy) is 3. The number of benzene rings is 3. The molecule has 0 saturated carbocycles. The molecule has 3 aromatic carbocycles. The average Bonchev–Trinajstić information content (AvgIpc) is 3.08. The number of fused-ring (bicyclic) bond motifs is 9. The molecule has 0 aliphatic carbocycles. The Morgan fingerprint density at radius 2 is 1.12 bits per heavy atom. The van der Waals surface area contributed by atoms with Crippen molar-refractivity contribution in [2.45, 2.75) is 81.5 Å². The molecule has 6 atom stereocenters. The number of hydrogen-bond acceptors (Lipinski definition) is 12. The minimum Gasteiger partial charge on any atom is -0.489 e. The summed E-state index contributed by atoms with van der Waals surface area (Å²) in [4.78, 5) is 6.64. The SMILES string of the molecule is Nc1ccc2c(c1)OCC1CC(O)CCN21.Nc1ccc2c(c1)OCC1CCC(O)CN21.Nc1ccc2c(c1)OCC1CCCC(O)N21. The number of rotatable bonds is 0. The summed E-state index contributed by atoms with van der Waals surface area (Å²) < 4.78 is 17.1. The van der Waals surface area contributed by atoms with Gasteiger partial charge >= 0.3 is 0 Å². The van der Waals surface area contributed by atoms with E-state index in [0.29, 0.717) is 50.2 Å². The van der Waals surface area contributed by atoms with E-state index in [1.165, 1.54) is 0 Å². The Balaban J connectivity index is 0.000000114. The number of aliphatic hydroxyl groups is 3.